The number of aryl methyl sites for hydroxylation is 2. The Labute approximate surface area is 139 Å². The summed E-state index contributed by atoms with van der Waals surface area (Å²) in [5.74, 6) is 3.84. The van der Waals surface area contributed by atoms with E-state index in [2.05, 4.69) is 31.6 Å². The molecule has 1 fully saturated rings. The molecule has 0 spiro atoms. The zero-order chi connectivity index (χ0) is 16.1. The Bertz CT molecular complexity index is 527. The Morgan fingerprint density at radius 2 is 2.00 bits per heavy atom. The van der Waals surface area contributed by atoms with Gasteiger partial charge in [0.1, 0.15) is 11.6 Å². The van der Waals surface area contributed by atoms with Crippen molar-refractivity contribution in [3.8, 4) is 0 Å². The maximum Gasteiger partial charge on any atom is 0.191 e. The maximum atomic E-state index is 6.13. The topological polar surface area (TPSA) is 72.3 Å². The van der Waals surface area contributed by atoms with Crippen LogP contribution in [0.25, 0.3) is 0 Å². The Hall–Kier alpha value is -1.59. The largest absolute Gasteiger partial charge is 0.370 e. The molecule has 0 saturated carbocycles. The van der Waals surface area contributed by atoms with Gasteiger partial charge in [0.25, 0.3) is 0 Å². The van der Waals surface area contributed by atoms with Crippen LogP contribution in [-0.2, 0) is 19.4 Å². The lowest BCUT2D eigenvalue weighted by molar-refractivity contribution is 0.277. The van der Waals surface area contributed by atoms with Crippen LogP contribution < -0.4 is 5.73 Å². The van der Waals surface area contributed by atoms with Crippen molar-refractivity contribution < 1.29 is 0 Å². The summed E-state index contributed by atoms with van der Waals surface area (Å²) in [7, 11) is 0. The second-order valence-electron chi connectivity index (χ2n) is 7.01. The summed E-state index contributed by atoms with van der Waals surface area (Å²) in [4.78, 5) is 6.79. The number of hydrogen-bond donors (Lipinski definition) is 1. The first-order chi connectivity index (χ1) is 11.2. The minimum absolute atomic E-state index is 0.719. The first-order valence-corrected chi connectivity index (χ1v) is 9.20. The lowest BCUT2D eigenvalue weighted by Crippen LogP contribution is -2.42. The highest BCUT2D eigenvalue weighted by Gasteiger charge is 2.17. The molecule has 0 amide bonds. The smallest absolute Gasteiger partial charge is 0.191 e. The predicted molar refractivity (Wildman–Crippen MR) is 92.4 cm³/mol. The zero-order valence-electron chi connectivity index (χ0n) is 14.4. The summed E-state index contributed by atoms with van der Waals surface area (Å²) < 4.78 is 2.33. The van der Waals surface area contributed by atoms with Gasteiger partial charge < -0.3 is 15.2 Å². The fraction of sp³-hybridized carbons (Fsp3) is 0.824. The summed E-state index contributed by atoms with van der Waals surface area (Å²) in [6.07, 6.45) is 9.25. The van der Waals surface area contributed by atoms with Gasteiger partial charge in [-0.05, 0) is 38.0 Å². The van der Waals surface area contributed by atoms with E-state index in [1.54, 1.807) is 0 Å². The molecular formula is C17H30N6. The summed E-state index contributed by atoms with van der Waals surface area (Å²) in [5, 5.41) is 8.73. The molecule has 128 valence electrons. The molecule has 2 aliphatic rings. The van der Waals surface area contributed by atoms with Crippen LogP contribution in [0.1, 0.15) is 57.1 Å². The number of aromatic nitrogens is 3. The first-order valence-electron chi connectivity index (χ1n) is 9.20. The third-order valence-corrected chi connectivity index (χ3v) is 5.13. The average molecular weight is 318 g/mol. The van der Waals surface area contributed by atoms with Gasteiger partial charge in [-0.2, -0.15) is 0 Å². The molecule has 3 heterocycles. The minimum Gasteiger partial charge on any atom is -0.370 e. The predicted octanol–water partition coefficient (Wildman–Crippen LogP) is 1.98. The second kappa shape index (κ2) is 7.79. The number of rotatable bonds is 4. The average Bonchev–Trinajstić information content (AvgIpc) is 2.79. The van der Waals surface area contributed by atoms with E-state index in [1.165, 1.54) is 37.9 Å². The van der Waals surface area contributed by atoms with Crippen LogP contribution in [0.2, 0.25) is 0 Å². The first kappa shape index (κ1) is 16.3. The molecule has 0 aliphatic carbocycles. The number of nitrogens with zero attached hydrogens (tertiary/aromatic N) is 5. The summed E-state index contributed by atoms with van der Waals surface area (Å²) in [6.45, 7) is 6.27. The van der Waals surface area contributed by atoms with Gasteiger partial charge in [0, 0.05) is 39.0 Å². The Kier molecular flexibility index (Phi) is 5.51. The number of nitrogens with two attached hydrogens (primary N) is 1. The molecule has 6 heteroatoms. The second-order valence-corrected chi connectivity index (χ2v) is 7.01. The Morgan fingerprint density at radius 1 is 1.17 bits per heavy atom. The number of fused-ring (bicyclic) bond motifs is 1. The van der Waals surface area contributed by atoms with Crippen LogP contribution >= 0.6 is 0 Å². The molecule has 1 aromatic heterocycles. The normalized spacial score (nSPS) is 20.4. The number of piperidine rings is 1. The minimum atomic E-state index is 0.719. The quantitative estimate of drug-likeness (QED) is 0.523. The van der Waals surface area contributed by atoms with Gasteiger partial charge >= 0.3 is 0 Å². The SMILES string of the molecule is CC1CCN(C(N)=NCCCc2nnc3n2CCCCC3)CC1. The van der Waals surface area contributed by atoms with Crippen molar-refractivity contribution >= 4 is 5.96 Å². The zero-order valence-corrected chi connectivity index (χ0v) is 14.4. The molecule has 0 radical (unpaired) electrons. The van der Waals surface area contributed by atoms with Crippen LogP contribution in [0, 0.1) is 5.92 Å². The summed E-state index contributed by atoms with van der Waals surface area (Å²) in [5.41, 5.74) is 6.13. The maximum absolute atomic E-state index is 6.13. The van der Waals surface area contributed by atoms with Gasteiger partial charge in [-0.15, -0.1) is 10.2 Å². The molecule has 2 N–H and O–H groups in total. The third kappa shape index (κ3) is 4.24. The van der Waals surface area contributed by atoms with E-state index in [1.807, 2.05) is 0 Å². The molecule has 1 saturated heterocycles. The molecule has 1 aromatic rings. The van der Waals surface area contributed by atoms with E-state index in [9.17, 15) is 0 Å². The molecule has 0 atom stereocenters. The van der Waals surface area contributed by atoms with Crippen molar-refractivity contribution in [3.63, 3.8) is 0 Å². The van der Waals surface area contributed by atoms with E-state index in [0.717, 1.165) is 63.1 Å². The lowest BCUT2D eigenvalue weighted by Gasteiger charge is -2.31. The van der Waals surface area contributed by atoms with Gasteiger partial charge in [-0.25, -0.2) is 0 Å². The van der Waals surface area contributed by atoms with E-state index in [-0.39, 0.29) is 0 Å². The van der Waals surface area contributed by atoms with Crippen LogP contribution in [-0.4, -0.2) is 45.3 Å². The van der Waals surface area contributed by atoms with Gasteiger partial charge in [0.2, 0.25) is 0 Å². The van der Waals surface area contributed by atoms with Gasteiger partial charge in [0.05, 0.1) is 0 Å². The monoisotopic (exact) mass is 318 g/mol. The van der Waals surface area contributed by atoms with Gasteiger partial charge in [-0.3, -0.25) is 4.99 Å². The van der Waals surface area contributed by atoms with Crippen LogP contribution in [0.5, 0.6) is 0 Å². The standard InChI is InChI=1S/C17H30N6/c1-14-8-12-22(13-9-14)17(18)19-10-5-7-16-21-20-15-6-3-2-4-11-23(15)16/h14H,2-13H2,1H3,(H2,18,19). The lowest BCUT2D eigenvalue weighted by atomic mass is 10.00. The molecule has 0 bridgehead atoms. The highest BCUT2D eigenvalue weighted by atomic mass is 15.3. The number of aliphatic imine (C=N–C) groups is 1. The van der Waals surface area contributed by atoms with Gasteiger partial charge in [0.15, 0.2) is 5.96 Å². The molecular weight excluding hydrogens is 288 g/mol. The van der Waals surface area contributed by atoms with E-state index in [0.29, 0.717) is 0 Å². The molecule has 23 heavy (non-hydrogen) atoms. The molecule has 0 aromatic carbocycles. The summed E-state index contributed by atoms with van der Waals surface area (Å²) in [6, 6.07) is 0. The van der Waals surface area contributed by atoms with E-state index < -0.39 is 0 Å². The van der Waals surface area contributed by atoms with E-state index >= 15 is 0 Å². The fourth-order valence-electron chi connectivity index (χ4n) is 3.50. The Morgan fingerprint density at radius 3 is 2.83 bits per heavy atom. The van der Waals surface area contributed by atoms with Crippen molar-refractivity contribution in [1.82, 2.24) is 19.7 Å². The fourth-order valence-corrected chi connectivity index (χ4v) is 3.50. The van der Waals surface area contributed by atoms with E-state index in [4.69, 9.17) is 5.73 Å². The van der Waals surface area contributed by atoms with Crippen LogP contribution in [0.15, 0.2) is 4.99 Å². The molecule has 3 rings (SSSR count). The summed E-state index contributed by atoms with van der Waals surface area (Å²) >= 11 is 0. The third-order valence-electron chi connectivity index (χ3n) is 5.13. The molecule has 6 nitrogen and oxygen atoms in total. The van der Waals surface area contributed by atoms with Crippen molar-refractivity contribution in [2.75, 3.05) is 19.6 Å². The highest BCUT2D eigenvalue weighted by Crippen LogP contribution is 2.16. The Balaban J connectivity index is 1.46. The van der Waals surface area contributed by atoms with Crippen molar-refractivity contribution in [3.05, 3.63) is 11.6 Å². The van der Waals surface area contributed by atoms with Crippen LogP contribution in [0.3, 0.4) is 0 Å². The van der Waals surface area contributed by atoms with Crippen molar-refractivity contribution in [2.45, 2.75) is 64.8 Å². The van der Waals surface area contributed by atoms with Crippen LogP contribution in [0.4, 0.5) is 0 Å². The van der Waals surface area contributed by atoms with Gasteiger partial charge in [-0.1, -0.05) is 13.3 Å². The highest BCUT2D eigenvalue weighted by molar-refractivity contribution is 5.78. The molecule has 0 unspecified atom stereocenters. The number of hydrogen-bond acceptors (Lipinski definition) is 3. The van der Waals surface area contributed by atoms with Crippen molar-refractivity contribution in [1.29, 1.82) is 0 Å². The number of likely N-dealkylation sites (tertiary alicyclic amines) is 1. The molecule has 2 aliphatic heterocycles. The van der Waals surface area contributed by atoms with Crippen molar-refractivity contribution in [2.24, 2.45) is 16.6 Å². The number of guanidine groups is 1.